The average molecular weight is 727 g/mol. The van der Waals surface area contributed by atoms with Gasteiger partial charge in [-0.05, 0) is 54.6 Å². The smallest absolute Gasteiger partial charge is 0.297 e. The number of ether oxygens (including phenoxy) is 2. The van der Waals surface area contributed by atoms with Crippen molar-refractivity contribution in [2.24, 2.45) is 5.92 Å². The molecule has 1 saturated heterocycles. The third-order valence-electron chi connectivity index (χ3n) is 10.2. The number of hydrogen-bond donors (Lipinski definition) is 2. The van der Waals surface area contributed by atoms with Gasteiger partial charge in [0.25, 0.3) is 17.2 Å². The molecule has 1 aromatic heterocycles. The predicted octanol–water partition coefficient (Wildman–Crippen LogP) is 4.51. The number of non-ortho nitro benzene ring substituents is 1. The van der Waals surface area contributed by atoms with Crippen molar-refractivity contribution in [2.75, 3.05) is 25.2 Å². The van der Waals surface area contributed by atoms with Crippen LogP contribution in [0.15, 0.2) is 95.9 Å². The van der Waals surface area contributed by atoms with Crippen LogP contribution in [0.2, 0.25) is 18.6 Å². The van der Waals surface area contributed by atoms with Crippen molar-refractivity contribution >= 4 is 31.5 Å². The molecule has 1 spiro atoms. The molecule has 0 unspecified atom stereocenters. The van der Waals surface area contributed by atoms with Gasteiger partial charge in [-0.1, -0.05) is 49.4 Å². The Labute approximate surface area is 301 Å². The zero-order valence-electron chi connectivity index (χ0n) is 29.5. The first-order valence-corrected chi connectivity index (χ1v) is 20.1. The molecule has 2 aliphatic heterocycles. The van der Waals surface area contributed by atoms with Crippen LogP contribution in [-0.2, 0) is 33.0 Å². The fraction of sp³-hybridized carbons (Fsp3) is 0.342. The lowest BCUT2D eigenvalue weighted by Crippen LogP contribution is -2.46. The molecular weight excluding hydrogens is 685 g/mol. The van der Waals surface area contributed by atoms with Crippen LogP contribution < -0.4 is 15.2 Å². The van der Waals surface area contributed by atoms with Crippen LogP contribution in [-0.4, -0.2) is 70.8 Å². The third kappa shape index (κ3) is 6.65. The molecule has 2 N–H and O–H groups in total. The number of anilines is 1. The zero-order valence-corrected chi connectivity index (χ0v) is 30.5. The van der Waals surface area contributed by atoms with Gasteiger partial charge < -0.3 is 29.2 Å². The van der Waals surface area contributed by atoms with Crippen molar-refractivity contribution in [3.63, 3.8) is 0 Å². The predicted molar refractivity (Wildman–Crippen MR) is 196 cm³/mol. The van der Waals surface area contributed by atoms with Crippen LogP contribution in [0.1, 0.15) is 30.0 Å². The maximum Gasteiger partial charge on any atom is 0.297 e. The largest absolute Gasteiger partial charge is 0.491 e. The first-order chi connectivity index (χ1) is 24.8. The summed E-state index contributed by atoms with van der Waals surface area (Å²) < 4.78 is 13.4. The number of aliphatic hydroxyl groups excluding tert-OH is 1. The second-order valence-corrected chi connectivity index (χ2v) is 17.8. The Balaban J connectivity index is 1.38. The highest BCUT2D eigenvalue weighted by Gasteiger charge is 2.66. The molecule has 14 heteroatoms. The highest BCUT2D eigenvalue weighted by molar-refractivity contribution is 6.71. The monoisotopic (exact) mass is 726 g/mol. The molecule has 4 atom stereocenters. The van der Waals surface area contributed by atoms with Gasteiger partial charge in [-0.25, -0.2) is 0 Å². The van der Waals surface area contributed by atoms with Crippen LogP contribution >= 0.6 is 0 Å². The van der Waals surface area contributed by atoms with E-state index in [9.17, 15) is 34.4 Å². The van der Waals surface area contributed by atoms with Gasteiger partial charge in [0.1, 0.15) is 0 Å². The number of amides is 2. The van der Waals surface area contributed by atoms with E-state index in [-0.39, 0.29) is 55.6 Å². The zero-order chi connectivity index (χ0) is 37.4. The van der Waals surface area contributed by atoms with E-state index in [4.69, 9.17) is 9.47 Å². The van der Waals surface area contributed by atoms with Crippen molar-refractivity contribution in [1.82, 2.24) is 9.47 Å². The highest BCUT2D eigenvalue weighted by atomic mass is 28.4. The van der Waals surface area contributed by atoms with Gasteiger partial charge in [-0.2, -0.15) is 0 Å². The Bertz CT molecular complexity index is 2050. The number of pyridine rings is 1. The van der Waals surface area contributed by atoms with Gasteiger partial charge in [0.2, 0.25) is 5.91 Å². The minimum atomic E-state index is -3.17. The molecule has 2 amide bonds. The number of fused-ring (bicyclic) bond motifs is 2. The molecule has 0 aliphatic carbocycles. The number of nitro benzene ring substituents is 1. The quantitative estimate of drug-likeness (QED) is 0.121. The molecule has 13 nitrogen and oxygen atoms in total. The van der Waals surface area contributed by atoms with E-state index in [0.717, 1.165) is 5.56 Å². The number of benzene rings is 3. The molecule has 4 aromatic rings. The summed E-state index contributed by atoms with van der Waals surface area (Å²) in [5.74, 6) is -1.28. The highest BCUT2D eigenvalue weighted by Crippen LogP contribution is 2.60. The van der Waals surface area contributed by atoms with Gasteiger partial charge in [-0.3, -0.25) is 29.1 Å². The lowest BCUT2D eigenvalue weighted by molar-refractivity contribution is -0.385. The van der Waals surface area contributed by atoms with E-state index in [1.807, 2.05) is 36.4 Å². The fourth-order valence-corrected chi connectivity index (χ4v) is 10.4. The van der Waals surface area contributed by atoms with E-state index in [1.165, 1.54) is 39.7 Å². The van der Waals surface area contributed by atoms with Crippen LogP contribution in [0.5, 0.6) is 5.75 Å². The molecule has 3 heterocycles. The number of nitro groups is 1. The molecule has 0 radical (unpaired) electrons. The van der Waals surface area contributed by atoms with Gasteiger partial charge in [0.05, 0.1) is 43.4 Å². The Hall–Kier alpha value is -5.15. The van der Waals surface area contributed by atoms with Gasteiger partial charge in [0.15, 0.2) is 19.7 Å². The Morgan fingerprint density at radius 3 is 2.44 bits per heavy atom. The Kier molecular flexibility index (Phi) is 10.2. The van der Waals surface area contributed by atoms with E-state index >= 15 is 0 Å². The summed E-state index contributed by atoms with van der Waals surface area (Å²) in [5.41, 5.74) is -0.104. The van der Waals surface area contributed by atoms with Crippen molar-refractivity contribution in [1.29, 1.82) is 0 Å². The SMILES string of the molecule is COc1cccn(-c2cccc(CN3C(=O)[C@@]4(O[C@@H](CC(=O)N(CCO)Cc5ccccc5)[C@H]([Si](C)(C)O)[C@H]4C)c4cc([N+](=O)[O-])ccc43)c2)c1=O. The van der Waals surface area contributed by atoms with Crippen LogP contribution in [0.25, 0.3) is 5.69 Å². The standard InChI is InChI=1S/C38H42N4O9Si/c1-25-35(52(3,4)49)33(22-34(44)39(18-19-43)23-26-10-6-5-7-11-26)51-38(25)30-21-29(42(47)48)15-16-31(30)41(37(38)46)24-27-12-8-13-28(20-27)40-17-9-14-32(50-2)36(40)45/h5-17,20-21,25,33,35,43,49H,18-19,22-24H2,1-4H3/t25-,33+,35-,38+/m1/s1. The van der Waals surface area contributed by atoms with E-state index in [2.05, 4.69) is 0 Å². The molecule has 6 rings (SSSR count). The molecular formula is C38H42N4O9Si. The minimum absolute atomic E-state index is 0.0452. The third-order valence-corrected chi connectivity index (χ3v) is 12.7. The number of rotatable bonds is 12. The summed E-state index contributed by atoms with van der Waals surface area (Å²) in [7, 11) is -1.75. The fourth-order valence-electron chi connectivity index (χ4n) is 7.87. The maximum atomic E-state index is 14.9. The lowest BCUT2D eigenvalue weighted by atomic mass is 9.82. The number of aromatic nitrogens is 1. The summed E-state index contributed by atoms with van der Waals surface area (Å²) in [5, 5.41) is 21.8. The minimum Gasteiger partial charge on any atom is -0.491 e. The maximum absolute atomic E-state index is 14.9. The lowest BCUT2D eigenvalue weighted by Gasteiger charge is -2.32. The Morgan fingerprint density at radius 2 is 1.77 bits per heavy atom. The van der Waals surface area contributed by atoms with Gasteiger partial charge in [-0.15, -0.1) is 0 Å². The number of carbonyl (C=O) groups excluding carboxylic acids is 2. The van der Waals surface area contributed by atoms with Gasteiger partial charge in [0, 0.05) is 54.1 Å². The molecule has 0 saturated carbocycles. The summed E-state index contributed by atoms with van der Waals surface area (Å²) in [4.78, 5) is 68.1. The van der Waals surface area contributed by atoms with Crippen molar-refractivity contribution in [3.05, 3.63) is 128 Å². The first-order valence-electron chi connectivity index (χ1n) is 17.1. The molecule has 3 aromatic carbocycles. The number of aliphatic hydroxyl groups is 1. The van der Waals surface area contributed by atoms with Crippen LogP contribution in [0, 0.1) is 16.0 Å². The number of methoxy groups -OCH3 is 1. The van der Waals surface area contributed by atoms with E-state index < -0.39 is 42.3 Å². The van der Waals surface area contributed by atoms with E-state index in [1.54, 1.807) is 56.5 Å². The van der Waals surface area contributed by atoms with Crippen LogP contribution in [0.4, 0.5) is 11.4 Å². The number of carbonyl (C=O) groups is 2. The summed E-state index contributed by atoms with van der Waals surface area (Å²) in [6, 6.07) is 24.0. The van der Waals surface area contributed by atoms with E-state index in [0.29, 0.717) is 22.5 Å². The summed E-state index contributed by atoms with van der Waals surface area (Å²) in [6.45, 7) is 5.39. The van der Waals surface area contributed by atoms with Crippen molar-refractivity contribution < 1.29 is 33.9 Å². The molecule has 0 bridgehead atoms. The number of nitrogens with zero attached hydrogens (tertiary/aromatic N) is 4. The molecule has 52 heavy (non-hydrogen) atoms. The summed E-state index contributed by atoms with van der Waals surface area (Å²) in [6.07, 6.45) is 0.548. The second-order valence-electron chi connectivity index (χ2n) is 13.9. The molecule has 2 aliphatic rings. The first kappa shape index (κ1) is 36.6. The second kappa shape index (κ2) is 14.5. The normalized spacial score (nSPS) is 21.0. The average Bonchev–Trinajstić information content (AvgIpc) is 3.54. The molecule has 272 valence electrons. The molecule has 1 fully saturated rings. The number of hydrogen-bond acceptors (Lipinski definition) is 9. The van der Waals surface area contributed by atoms with Crippen molar-refractivity contribution in [2.45, 2.75) is 56.8 Å². The van der Waals surface area contributed by atoms with Crippen LogP contribution in [0.3, 0.4) is 0 Å². The summed E-state index contributed by atoms with van der Waals surface area (Å²) >= 11 is 0. The van der Waals surface area contributed by atoms with Gasteiger partial charge >= 0.3 is 0 Å². The topological polar surface area (TPSA) is 165 Å². The van der Waals surface area contributed by atoms with Crippen molar-refractivity contribution in [3.8, 4) is 11.4 Å². The Morgan fingerprint density at radius 1 is 1.04 bits per heavy atom.